The maximum Gasteiger partial charge on any atom is 0.244 e. The van der Waals surface area contributed by atoms with Crippen LogP contribution in [0.5, 0.6) is 0 Å². The number of hydrogen-bond acceptors (Lipinski definition) is 2. The van der Waals surface area contributed by atoms with Gasteiger partial charge in [0.05, 0.1) is 6.61 Å². The monoisotopic (exact) mass is 279 g/mol. The van der Waals surface area contributed by atoms with Crippen LogP contribution in [0.3, 0.4) is 0 Å². The Morgan fingerprint density at radius 2 is 1.60 bits per heavy atom. The second kappa shape index (κ2) is 11.5. The molecular weight excluding hydrogens is 250 g/mol. The van der Waals surface area contributed by atoms with E-state index in [4.69, 9.17) is 5.11 Å². The summed E-state index contributed by atoms with van der Waals surface area (Å²) in [6.45, 7) is 8.65. The third-order valence-electron chi connectivity index (χ3n) is 2.91. The van der Waals surface area contributed by atoms with Crippen LogP contribution >= 0.6 is 0 Å². The summed E-state index contributed by atoms with van der Waals surface area (Å²) in [5.74, 6) is -0.124. The molecule has 0 rings (SSSR count). The van der Waals surface area contributed by atoms with Crippen LogP contribution in [0.15, 0.2) is 34.9 Å². The third-order valence-corrected chi connectivity index (χ3v) is 2.91. The molecule has 0 aliphatic rings. The van der Waals surface area contributed by atoms with E-state index in [0.29, 0.717) is 6.54 Å². The summed E-state index contributed by atoms with van der Waals surface area (Å²) in [5.41, 5.74) is 3.83. The number of hydrogen-bond donors (Lipinski definition) is 2. The highest BCUT2D eigenvalue weighted by Crippen LogP contribution is 2.11. The number of aliphatic hydroxyl groups is 1. The van der Waals surface area contributed by atoms with Gasteiger partial charge < -0.3 is 10.4 Å². The zero-order valence-electron chi connectivity index (χ0n) is 13.3. The van der Waals surface area contributed by atoms with Gasteiger partial charge >= 0.3 is 0 Å². The first-order valence-electron chi connectivity index (χ1n) is 7.30. The molecule has 1 amide bonds. The molecular formula is C17H29NO2. The first-order chi connectivity index (χ1) is 9.45. The molecule has 0 aromatic carbocycles. The second-order valence-electron chi connectivity index (χ2n) is 5.41. The third kappa shape index (κ3) is 11.7. The standard InChI is InChI=1S/C17H29NO2/c1-14(2)7-5-8-15(3)9-6-10-16(4)13-17(20)18-11-12-19/h7,9,13,19H,5-6,8,10-12H2,1-4H3,(H,18,20). The van der Waals surface area contributed by atoms with Gasteiger partial charge in [-0.15, -0.1) is 0 Å². The van der Waals surface area contributed by atoms with E-state index in [1.807, 2.05) is 6.92 Å². The summed E-state index contributed by atoms with van der Waals surface area (Å²) < 4.78 is 0. The average Bonchev–Trinajstić information content (AvgIpc) is 2.35. The highest BCUT2D eigenvalue weighted by molar-refractivity contribution is 5.88. The smallest absolute Gasteiger partial charge is 0.244 e. The molecule has 0 bridgehead atoms. The lowest BCUT2D eigenvalue weighted by molar-refractivity contribution is -0.116. The Hall–Kier alpha value is -1.35. The minimum atomic E-state index is -0.124. The highest BCUT2D eigenvalue weighted by atomic mass is 16.3. The zero-order valence-corrected chi connectivity index (χ0v) is 13.3. The molecule has 0 spiro atoms. The van der Waals surface area contributed by atoms with Crippen LogP contribution in [-0.2, 0) is 4.79 Å². The van der Waals surface area contributed by atoms with Gasteiger partial charge in [-0.05, 0) is 53.4 Å². The van der Waals surface area contributed by atoms with Gasteiger partial charge in [-0.1, -0.05) is 28.9 Å². The maximum atomic E-state index is 11.4. The SMILES string of the molecule is CC(C)=CCCC(C)=CCCC(C)=CC(=O)NCCO. The van der Waals surface area contributed by atoms with Crippen molar-refractivity contribution < 1.29 is 9.90 Å². The molecule has 114 valence electrons. The number of allylic oxidation sites excluding steroid dienone is 5. The Kier molecular flexibility index (Phi) is 10.7. The molecule has 0 fully saturated rings. The summed E-state index contributed by atoms with van der Waals surface area (Å²) in [4.78, 5) is 11.4. The number of rotatable bonds is 9. The van der Waals surface area contributed by atoms with E-state index in [1.54, 1.807) is 6.08 Å². The van der Waals surface area contributed by atoms with Crippen LogP contribution in [-0.4, -0.2) is 24.2 Å². The lowest BCUT2D eigenvalue weighted by Crippen LogP contribution is -2.24. The van der Waals surface area contributed by atoms with Crippen LogP contribution in [0.25, 0.3) is 0 Å². The summed E-state index contributed by atoms with van der Waals surface area (Å²) in [6, 6.07) is 0. The van der Waals surface area contributed by atoms with Gasteiger partial charge in [0.15, 0.2) is 0 Å². The molecule has 0 saturated heterocycles. The van der Waals surface area contributed by atoms with Gasteiger partial charge in [0.1, 0.15) is 0 Å². The van der Waals surface area contributed by atoms with Crippen molar-refractivity contribution >= 4 is 5.91 Å². The van der Waals surface area contributed by atoms with Crippen molar-refractivity contribution in [2.45, 2.75) is 53.4 Å². The Labute approximate surface area is 123 Å². The number of amides is 1. The van der Waals surface area contributed by atoms with E-state index < -0.39 is 0 Å². The molecule has 0 atom stereocenters. The van der Waals surface area contributed by atoms with E-state index >= 15 is 0 Å². The first kappa shape index (κ1) is 18.7. The van der Waals surface area contributed by atoms with Crippen molar-refractivity contribution in [3.05, 3.63) is 34.9 Å². The predicted molar refractivity (Wildman–Crippen MR) is 85.5 cm³/mol. The van der Waals surface area contributed by atoms with Crippen LogP contribution in [0.1, 0.15) is 53.4 Å². The Morgan fingerprint density at radius 1 is 1.00 bits per heavy atom. The second-order valence-corrected chi connectivity index (χ2v) is 5.41. The number of aliphatic hydroxyl groups excluding tert-OH is 1. The van der Waals surface area contributed by atoms with Crippen molar-refractivity contribution in [2.24, 2.45) is 0 Å². The Bertz CT molecular complexity index is 374. The fraction of sp³-hybridized carbons (Fsp3) is 0.588. The quantitative estimate of drug-likeness (QED) is 0.501. The van der Waals surface area contributed by atoms with Crippen molar-refractivity contribution in [3.8, 4) is 0 Å². The Balaban J connectivity index is 3.99. The van der Waals surface area contributed by atoms with E-state index in [1.165, 1.54) is 11.1 Å². The van der Waals surface area contributed by atoms with Gasteiger partial charge in [-0.25, -0.2) is 0 Å². The molecule has 3 heteroatoms. The average molecular weight is 279 g/mol. The largest absolute Gasteiger partial charge is 0.395 e. The summed E-state index contributed by atoms with van der Waals surface area (Å²) >= 11 is 0. The molecule has 0 radical (unpaired) electrons. The minimum Gasteiger partial charge on any atom is -0.395 e. The predicted octanol–water partition coefficient (Wildman–Crippen LogP) is 3.51. The van der Waals surface area contributed by atoms with E-state index in [9.17, 15) is 4.79 Å². The topological polar surface area (TPSA) is 49.3 Å². The molecule has 0 aliphatic carbocycles. The lowest BCUT2D eigenvalue weighted by Gasteiger charge is -2.02. The van der Waals surface area contributed by atoms with Crippen LogP contribution in [0, 0.1) is 0 Å². The van der Waals surface area contributed by atoms with Gasteiger partial charge in [0, 0.05) is 12.6 Å². The molecule has 0 aromatic heterocycles. The summed E-state index contributed by atoms with van der Waals surface area (Å²) in [5, 5.41) is 11.2. The van der Waals surface area contributed by atoms with Gasteiger partial charge in [-0.2, -0.15) is 0 Å². The fourth-order valence-corrected chi connectivity index (χ4v) is 1.76. The molecule has 20 heavy (non-hydrogen) atoms. The molecule has 3 nitrogen and oxygen atoms in total. The number of carbonyl (C=O) groups is 1. The zero-order chi connectivity index (χ0) is 15.4. The summed E-state index contributed by atoms with van der Waals surface area (Å²) in [6.07, 6.45) is 10.2. The summed E-state index contributed by atoms with van der Waals surface area (Å²) in [7, 11) is 0. The van der Waals surface area contributed by atoms with Gasteiger partial charge in [-0.3, -0.25) is 4.79 Å². The van der Waals surface area contributed by atoms with Crippen molar-refractivity contribution in [1.29, 1.82) is 0 Å². The molecule has 2 N–H and O–H groups in total. The normalized spacial score (nSPS) is 12.2. The first-order valence-corrected chi connectivity index (χ1v) is 7.30. The molecule has 0 saturated carbocycles. The van der Waals surface area contributed by atoms with E-state index in [0.717, 1.165) is 31.3 Å². The maximum absolute atomic E-state index is 11.4. The van der Waals surface area contributed by atoms with Gasteiger partial charge in [0.2, 0.25) is 5.91 Å². The molecule has 0 unspecified atom stereocenters. The van der Waals surface area contributed by atoms with Crippen LogP contribution in [0.2, 0.25) is 0 Å². The lowest BCUT2D eigenvalue weighted by atomic mass is 10.1. The van der Waals surface area contributed by atoms with Gasteiger partial charge in [0.25, 0.3) is 0 Å². The molecule has 0 aromatic rings. The van der Waals surface area contributed by atoms with Crippen LogP contribution in [0.4, 0.5) is 0 Å². The minimum absolute atomic E-state index is 0.0216. The van der Waals surface area contributed by atoms with Crippen molar-refractivity contribution in [3.63, 3.8) is 0 Å². The van der Waals surface area contributed by atoms with Crippen LogP contribution < -0.4 is 5.32 Å². The molecule has 0 aliphatic heterocycles. The fourth-order valence-electron chi connectivity index (χ4n) is 1.76. The number of carbonyl (C=O) groups excluding carboxylic acids is 1. The van der Waals surface area contributed by atoms with Crippen molar-refractivity contribution in [1.82, 2.24) is 5.32 Å². The Morgan fingerprint density at radius 3 is 2.20 bits per heavy atom. The number of nitrogens with one attached hydrogen (secondary N) is 1. The van der Waals surface area contributed by atoms with E-state index in [2.05, 4.69) is 38.2 Å². The molecule has 0 heterocycles. The highest BCUT2D eigenvalue weighted by Gasteiger charge is 1.97. The van der Waals surface area contributed by atoms with Crippen molar-refractivity contribution in [2.75, 3.05) is 13.2 Å². The van der Waals surface area contributed by atoms with E-state index in [-0.39, 0.29) is 12.5 Å².